The Labute approximate surface area is 165 Å². The lowest BCUT2D eigenvalue weighted by Gasteiger charge is -2.06. The number of halogens is 1. The molecule has 8 heteroatoms. The zero-order chi connectivity index (χ0) is 21.4. The summed E-state index contributed by atoms with van der Waals surface area (Å²) in [5.74, 6) is -2.76. The summed E-state index contributed by atoms with van der Waals surface area (Å²) in [6.45, 7) is 1.94. The Morgan fingerprint density at radius 1 is 1.10 bits per heavy atom. The van der Waals surface area contributed by atoms with Gasteiger partial charge in [-0.15, -0.1) is 0 Å². The molecule has 0 fully saturated rings. The lowest BCUT2D eigenvalue weighted by atomic mass is 9.98. The second-order valence-electron chi connectivity index (χ2n) is 6.08. The number of benzene rings is 2. The highest BCUT2D eigenvalue weighted by atomic mass is 19.1. The molecule has 2 aromatic carbocycles. The standard InChI is InChI=1S/C17H15FN2O.C4H4O4/c1-11-16(20-10-19-11)7-8-17(21)15-4-2-3-12-9-13(18)5-6-14(12)15;5-3(6)1-2-4(7)8/h2-6,9-10H,7-8H2,1H3,(H,19,20);1-2H,(H,5,6)(H,7,8)/b;2-1-. The molecule has 0 atom stereocenters. The van der Waals surface area contributed by atoms with Crippen molar-refractivity contribution in [1.82, 2.24) is 9.97 Å². The average Bonchev–Trinajstić information content (AvgIpc) is 3.09. The summed E-state index contributed by atoms with van der Waals surface area (Å²) in [5.41, 5.74) is 2.54. The number of carboxylic acids is 2. The third-order valence-electron chi connectivity index (χ3n) is 4.03. The van der Waals surface area contributed by atoms with Crippen molar-refractivity contribution >= 4 is 28.5 Å². The van der Waals surface area contributed by atoms with Gasteiger partial charge in [0.05, 0.1) is 12.0 Å². The fourth-order valence-electron chi connectivity index (χ4n) is 2.65. The zero-order valence-electron chi connectivity index (χ0n) is 15.6. The van der Waals surface area contributed by atoms with Gasteiger partial charge in [-0.3, -0.25) is 4.79 Å². The Morgan fingerprint density at radius 3 is 2.38 bits per heavy atom. The third kappa shape index (κ3) is 6.39. The Bertz CT molecular complexity index is 1060. The Morgan fingerprint density at radius 2 is 1.79 bits per heavy atom. The van der Waals surface area contributed by atoms with Crippen LogP contribution in [-0.4, -0.2) is 37.9 Å². The molecule has 0 spiro atoms. The van der Waals surface area contributed by atoms with Gasteiger partial charge >= 0.3 is 11.9 Å². The smallest absolute Gasteiger partial charge is 0.328 e. The molecule has 1 heterocycles. The van der Waals surface area contributed by atoms with Crippen molar-refractivity contribution in [2.75, 3.05) is 0 Å². The molecule has 3 rings (SSSR count). The lowest BCUT2D eigenvalue weighted by molar-refractivity contribution is -0.134. The van der Waals surface area contributed by atoms with E-state index in [2.05, 4.69) is 9.97 Å². The molecule has 29 heavy (non-hydrogen) atoms. The van der Waals surface area contributed by atoms with E-state index in [1.54, 1.807) is 24.5 Å². The average molecular weight is 398 g/mol. The van der Waals surface area contributed by atoms with Gasteiger partial charge in [0.2, 0.25) is 0 Å². The largest absolute Gasteiger partial charge is 0.478 e. The molecule has 1 aromatic heterocycles. The summed E-state index contributed by atoms with van der Waals surface area (Å²) < 4.78 is 13.3. The van der Waals surface area contributed by atoms with Crippen LogP contribution < -0.4 is 0 Å². The number of carboxylic acid groups (broad SMARTS) is 2. The van der Waals surface area contributed by atoms with Crippen molar-refractivity contribution in [3.8, 4) is 0 Å². The first kappa shape index (κ1) is 21.5. The van der Waals surface area contributed by atoms with Crippen LogP contribution in [-0.2, 0) is 16.0 Å². The van der Waals surface area contributed by atoms with E-state index in [0.29, 0.717) is 30.6 Å². The number of imidazole rings is 1. The number of carbonyl (C=O) groups is 3. The number of carbonyl (C=O) groups excluding carboxylic acids is 1. The second-order valence-corrected chi connectivity index (χ2v) is 6.08. The minimum absolute atomic E-state index is 0.0506. The minimum atomic E-state index is -1.26. The zero-order valence-corrected chi connectivity index (χ0v) is 15.6. The molecule has 0 unspecified atom stereocenters. The van der Waals surface area contributed by atoms with Crippen molar-refractivity contribution < 1.29 is 29.0 Å². The summed E-state index contributed by atoms with van der Waals surface area (Å²) >= 11 is 0. The van der Waals surface area contributed by atoms with Crippen LogP contribution in [0.2, 0.25) is 0 Å². The van der Waals surface area contributed by atoms with Gasteiger partial charge in [-0.05, 0) is 36.2 Å². The van der Waals surface area contributed by atoms with E-state index in [0.717, 1.165) is 22.2 Å². The van der Waals surface area contributed by atoms with E-state index in [-0.39, 0.29) is 11.6 Å². The monoisotopic (exact) mass is 398 g/mol. The number of nitrogens with zero attached hydrogens (tertiary/aromatic N) is 1. The number of H-pyrrole nitrogens is 1. The molecule has 3 aromatic rings. The number of aliphatic carboxylic acids is 2. The van der Waals surface area contributed by atoms with Gasteiger partial charge in [-0.25, -0.2) is 19.0 Å². The first-order valence-electron chi connectivity index (χ1n) is 8.62. The van der Waals surface area contributed by atoms with Crippen LogP contribution >= 0.6 is 0 Å². The molecule has 0 saturated heterocycles. The van der Waals surface area contributed by atoms with Gasteiger partial charge < -0.3 is 15.2 Å². The number of rotatable bonds is 6. The van der Waals surface area contributed by atoms with E-state index in [4.69, 9.17) is 10.2 Å². The van der Waals surface area contributed by atoms with Crippen molar-refractivity contribution in [2.24, 2.45) is 0 Å². The fraction of sp³-hybridized carbons (Fsp3) is 0.143. The number of hydrogen-bond donors (Lipinski definition) is 3. The molecule has 0 aliphatic carbocycles. The number of Topliss-reactive ketones (excluding diaryl/α,β-unsaturated/α-hetero) is 1. The first-order chi connectivity index (χ1) is 13.8. The Hall–Kier alpha value is -3.81. The highest BCUT2D eigenvalue weighted by molar-refractivity contribution is 6.08. The van der Waals surface area contributed by atoms with Gasteiger partial charge in [0.25, 0.3) is 0 Å². The minimum Gasteiger partial charge on any atom is -0.478 e. The molecule has 0 aliphatic rings. The first-order valence-corrected chi connectivity index (χ1v) is 8.62. The Kier molecular flexibility index (Phi) is 7.36. The molecule has 7 nitrogen and oxygen atoms in total. The predicted molar refractivity (Wildman–Crippen MR) is 104 cm³/mol. The lowest BCUT2D eigenvalue weighted by Crippen LogP contribution is -2.03. The molecule has 150 valence electrons. The number of ketones is 1. The normalized spacial score (nSPS) is 10.6. The molecule has 3 N–H and O–H groups in total. The highest BCUT2D eigenvalue weighted by Crippen LogP contribution is 2.21. The van der Waals surface area contributed by atoms with Crippen LogP contribution in [0.15, 0.2) is 54.9 Å². The van der Waals surface area contributed by atoms with Gasteiger partial charge in [-0.2, -0.15) is 0 Å². The van der Waals surface area contributed by atoms with E-state index in [9.17, 15) is 18.8 Å². The number of nitrogens with one attached hydrogen (secondary N) is 1. The molecular weight excluding hydrogens is 379 g/mol. The second kappa shape index (κ2) is 9.93. The van der Waals surface area contributed by atoms with E-state index < -0.39 is 11.9 Å². The van der Waals surface area contributed by atoms with Crippen LogP contribution in [0.3, 0.4) is 0 Å². The van der Waals surface area contributed by atoms with Crippen LogP contribution in [0, 0.1) is 12.7 Å². The molecule has 0 bridgehead atoms. The maximum absolute atomic E-state index is 13.3. The fourth-order valence-corrected chi connectivity index (χ4v) is 2.65. The van der Waals surface area contributed by atoms with Crippen molar-refractivity contribution in [3.05, 3.63) is 77.6 Å². The van der Waals surface area contributed by atoms with Gasteiger partial charge in [0, 0.05) is 29.8 Å². The third-order valence-corrected chi connectivity index (χ3v) is 4.03. The van der Waals surface area contributed by atoms with Gasteiger partial charge in [0.15, 0.2) is 5.78 Å². The number of hydrogen-bond acceptors (Lipinski definition) is 4. The molecule has 0 amide bonds. The number of fused-ring (bicyclic) bond motifs is 1. The van der Waals surface area contributed by atoms with Crippen LogP contribution in [0.25, 0.3) is 10.8 Å². The van der Waals surface area contributed by atoms with E-state index >= 15 is 0 Å². The Balaban J connectivity index is 0.000000321. The topological polar surface area (TPSA) is 120 Å². The van der Waals surface area contributed by atoms with Crippen LogP contribution in [0.5, 0.6) is 0 Å². The molecule has 0 aliphatic heterocycles. The van der Waals surface area contributed by atoms with Gasteiger partial charge in [-0.1, -0.05) is 24.3 Å². The molecule has 0 radical (unpaired) electrons. The van der Waals surface area contributed by atoms with Crippen LogP contribution in [0.1, 0.15) is 28.2 Å². The van der Waals surface area contributed by atoms with Crippen LogP contribution in [0.4, 0.5) is 4.39 Å². The van der Waals surface area contributed by atoms with E-state index in [1.165, 1.54) is 12.1 Å². The quantitative estimate of drug-likeness (QED) is 0.431. The van der Waals surface area contributed by atoms with Crippen molar-refractivity contribution in [3.63, 3.8) is 0 Å². The summed E-state index contributed by atoms with van der Waals surface area (Å²) in [4.78, 5) is 38.7. The molecule has 0 saturated carbocycles. The SMILES string of the molecule is Cc1[nH]cnc1CCC(=O)c1cccc2cc(F)ccc12.O=C(O)/C=C\C(=O)O. The molecular formula is C21H19FN2O5. The predicted octanol–water partition coefficient (Wildman–Crippen LogP) is 3.54. The number of aryl methyl sites for hydroxylation is 2. The summed E-state index contributed by atoms with van der Waals surface area (Å²) in [6.07, 6.45) is 3.74. The van der Waals surface area contributed by atoms with Gasteiger partial charge in [0.1, 0.15) is 5.82 Å². The number of aromatic nitrogens is 2. The maximum Gasteiger partial charge on any atom is 0.328 e. The maximum atomic E-state index is 13.3. The summed E-state index contributed by atoms with van der Waals surface area (Å²) in [7, 11) is 0. The van der Waals surface area contributed by atoms with E-state index in [1.807, 2.05) is 13.0 Å². The summed E-state index contributed by atoms with van der Waals surface area (Å²) in [6, 6.07) is 9.89. The number of aromatic amines is 1. The van der Waals surface area contributed by atoms with Crippen molar-refractivity contribution in [2.45, 2.75) is 19.8 Å². The highest BCUT2D eigenvalue weighted by Gasteiger charge is 2.12. The van der Waals surface area contributed by atoms with Crippen molar-refractivity contribution in [1.29, 1.82) is 0 Å². The summed E-state index contributed by atoms with van der Waals surface area (Å²) in [5, 5.41) is 17.2.